The average Bonchev–Trinajstić information content (AvgIpc) is 3.33. The van der Waals surface area contributed by atoms with Crippen molar-refractivity contribution in [3.8, 4) is 0 Å². The van der Waals surface area contributed by atoms with Gasteiger partial charge < -0.3 is 10.2 Å². The van der Waals surface area contributed by atoms with Gasteiger partial charge in [0.25, 0.3) is 5.91 Å². The second kappa shape index (κ2) is 8.79. The molecule has 1 N–H and O–H groups in total. The molecule has 0 radical (unpaired) electrons. The van der Waals surface area contributed by atoms with Gasteiger partial charge in [0.05, 0.1) is 4.88 Å². The second-order valence-corrected chi connectivity index (χ2v) is 8.63. The first-order valence-electron chi connectivity index (χ1n) is 8.91. The molecule has 0 saturated carbocycles. The van der Waals surface area contributed by atoms with Gasteiger partial charge in [-0.25, -0.2) is 0 Å². The van der Waals surface area contributed by atoms with Crippen molar-refractivity contribution in [1.29, 1.82) is 0 Å². The molecule has 1 saturated heterocycles. The van der Waals surface area contributed by atoms with E-state index < -0.39 is 6.04 Å². The Bertz CT molecular complexity index is 705. The molecule has 7 heteroatoms. The van der Waals surface area contributed by atoms with Gasteiger partial charge in [0.1, 0.15) is 6.04 Å². The number of hydrogen-bond donors (Lipinski definition) is 1. The van der Waals surface area contributed by atoms with Crippen LogP contribution in [0.1, 0.15) is 29.1 Å². The van der Waals surface area contributed by atoms with Crippen LogP contribution in [0.15, 0.2) is 34.3 Å². The topological polar surface area (TPSA) is 52.7 Å². The van der Waals surface area contributed by atoms with Crippen LogP contribution < -0.4 is 5.32 Å². The van der Waals surface area contributed by atoms with E-state index in [9.17, 15) is 9.59 Å². The van der Waals surface area contributed by atoms with Crippen molar-refractivity contribution in [3.63, 3.8) is 0 Å². The van der Waals surface area contributed by atoms with Gasteiger partial charge >= 0.3 is 0 Å². The zero-order chi connectivity index (χ0) is 18.5. The van der Waals surface area contributed by atoms with Gasteiger partial charge in [-0.3, -0.25) is 14.5 Å². The summed E-state index contributed by atoms with van der Waals surface area (Å²) in [5.74, 6) is -0.0847. The van der Waals surface area contributed by atoms with E-state index in [1.165, 1.54) is 16.9 Å². The zero-order valence-corrected chi connectivity index (χ0v) is 16.8. The quantitative estimate of drug-likeness (QED) is 0.824. The molecule has 2 aromatic heterocycles. The molecule has 0 unspecified atom stereocenters. The van der Waals surface area contributed by atoms with E-state index in [2.05, 4.69) is 27.0 Å². The molecular weight excluding hydrogens is 366 g/mol. The summed E-state index contributed by atoms with van der Waals surface area (Å²) in [7, 11) is 0. The van der Waals surface area contributed by atoms with Gasteiger partial charge in [-0.05, 0) is 39.8 Å². The van der Waals surface area contributed by atoms with Crippen molar-refractivity contribution in [1.82, 2.24) is 15.1 Å². The Morgan fingerprint density at radius 2 is 1.92 bits per heavy atom. The van der Waals surface area contributed by atoms with Gasteiger partial charge in [-0.1, -0.05) is 19.9 Å². The first kappa shape index (κ1) is 19.1. The third-order valence-corrected chi connectivity index (χ3v) is 6.24. The number of nitrogens with one attached hydrogen (secondary N) is 1. The Hall–Kier alpha value is -1.70. The van der Waals surface area contributed by atoms with Gasteiger partial charge in [0, 0.05) is 32.7 Å². The van der Waals surface area contributed by atoms with Crippen LogP contribution in [-0.2, 0) is 11.3 Å². The monoisotopic (exact) mass is 391 g/mol. The average molecular weight is 392 g/mol. The SMILES string of the molecule is CC(C)[C@@H](NC(=O)c1cccs1)C(=O)N1CCN(Cc2ccsc2)CC1. The lowest BCUT2D eigenvalue weighted by molar-refractivity contribution is -0.136. The van der Waals surface area contributed by atoms with Crippen LogP contribution in [0.5, 0.6) is 0 Å². The van der Waals surface area contributed by atoms with Crippen molar-refractivity contribution in [2.75, 3.05) is 26.2 Å². The first-order chi connectivity index (χ1) is 12.5. The molecule has 3 rings (SSSR count). The lowest BCUT2D eigenvalue weighted by Crippen LogP contribution is -2.56. The van der Waals surface area contributed by atoms with Crippen LogP contribution in [0.2, 0.25) is 0 Å². The maximum Gasteiger partial charge on any atom is 0.262 e. The summed E-state index contributed by atoms with van der Waals surface area (Å²) in [4.78, 5) is 30.2. The van der Waals surface area contributed by atoms with Crippen molar-refractivity contribution >= 4 is 34.5 Å². The minimum absolute atomic E-state index is 0.0279. The summed E-state index contributed by atoms with van der Waals surface area (Å²) < 4.78 is 0. The summed E-state index contributed by atoms with van der Waals surface area (Å²) in [5, 5.41) is 9.07. The Morgan fingerprint density at radius 1 is 1.15 bits per heavy atom. The number of thiophene rings is 2. The molecule has 2 aromatic rings. The number of carbonyl (C=O) groups is 2. The van der Waals surface area contributed by atoms with E-state index in [0.717, 1.165) is 19.6 Å². The molecule has 0 aliphatic carbocycles. The lowest BCUT2D eigenvalue weighted by Gasteiger charge is -2.37. The maximum absolute atomic E-state index is 13.0. The van der Waals surface area contributed by atoms with Crippen LogP contribution >= 0.6 is 22.7 Å². The van der Waals surface area contributed by atoms with Crippen molar-refractivity contribution in [3.05, 3.63) is 44.8 Å². The standard InChI is InChI=1S/C19H25N3O2S2/c1-14(2)17(20-18(23)16-4-3-10-26-16)19(24)22-8-6-21(7-9-22)12-15-5-11-25-13-15/h3-5,10-11,13-14,17H,6-9,12H2,1-2H3,(H,20,23)/t17-/m1/s1. The zero-order valence-electron chi connectivity index (χ0n) is 15.2. The van der Waals surface area contributed by atoms with Crippen molar-refractivity contribution in [2.24, 2.45) is 5.92 Å². The summed E-state index contributed by atoms with van der Waals surface area (Å²) in [6.07, 6.45) is 0. The third-order valence-electron chi connectivity index (χ3n) is 4.63. The van der Waals surface area contributed by atoms with E-state index in [4.69, 9.17) is 0 Å². The highest BCUT2D eigenvalue weighted by molar-refractivity contribution is 7.12. The minimum Gasteiger partial charge on any atom is -0.339 e. The Morgan fingerprint density at radius 3 is 2.50 bits per heavy atom. The van der Waals surface area contributed by atoms with E-state index in [1.807, 2.05) is 30.2 Å². The molecular formula is C19H25N3O2S2. The predicted molar refractivity (Wildman–Crippen MR) is 107 cm³/mol. The van der Waals surface area contributed by atoms with Crippen molar-refractivity contribution in [2.45, 2.75) is 26.4 Å². The molecule has 26 heavy (non-hydrogen) atoms. The Balaban J connectivity index is 1.55. The number of piperazine rings is 1. The molecule has 1 aliphatic rings. The highest BCUT2D eigenvalue weighted by atomic mass is 32.1. The molecule has 1 fully saturated rings. The number of hydrogen-bond acceptors (Lipinski definition) is 5. The van der Waals surface area contributed by atoms with E-state index in [-0.39, 0.29) is 17.7 Å². The van der Waals surface area contributed by atoms with Gasteiger partial charge in [0.15, 0.2) is 0 Å². The fraction of sp³-hybridized carbons (Fsp3) is 0.474. The highest BCUT2D eigenvalue weighted by Crippen LogP contribution is 2.15. The lowest BCUT2D eigenvalue weighted by atomic mass is 10.0. The molecule has 3 heterocycles. The largest absolute Gasteiger partial charge is 0.339 e. The molecule has 0 bridgehead atoms. The Labute approximate surface area is 162 Å². The fourth-order valence-electron chi connectivity index (χ4n) is 3.10. The van der Waals surface area contributed by atoms with Crippen LogP contribution in [0.25, 0.3) is 0 Å². The van der Waals surface area contributed by atoms with Gasteiger partial charge in [0.2, 0.25) is 5.91 Å². The minimum atomic E-state index is -0.479. The van der Waals surface area contributed by atoms with E-state index >= 15 is 0 Å². The molecule has 0 spiro atoms. The van der Waals surface area contributed by atoms with Crippen LogP contribution in [0.3, 0.4) is 0 Å². The van der Waals surface area contributed by atoms with E-state index in [0.29, 0.717) is 18.0 Å². The molecule has 1 atom stereocenters. The molecule has 140 valence electrons. The summed E-state index contributed by atoms with van der Waals surface area (Å²) >= 11 is 3.11. The van der Waals surface area contributed by atoms with Gasteiger partial charge in [-0.2, -0.15) is 11.3 Å². The highest BCUT2D eigenvalue weighted by Gasteiger charge is 2.31. The normalized spacial score (nSPS) is 16.7. The smallest absolute Gasteiger partial charge is 0.262 e. The molecule has 2 amide bonds. The summed E-state index contributed by atoms with van der Waals surface area (Å²) in [5.41, 5.74) is 1.33. The first-order valence-corrected chi connectivity index (χ1v) is 10.7. The van der Waals surface area contributed by atoms with E-state index in [1.54, 1.807) is 17.4 Å². The van der Waals surface area contributed by atoms with Crippen LogP contribution in [0.4, 0.5) is 0 Å². The fourth-order valence-corrected chi connectivity index (χ4v) is 4.38. The second-order valence-electron chi connectivity index (χ2n) is 6.91. The van der Waals surface area contributed by atoms with Crippen LogP contribution in [-0.4, -0.2) is 53.8 Å². The predicted octanol–water partition coefficient (Wildman–Crippen LogP) is 2.91. The molecule has 0 aromatic carbocycles. The number of amides is 2. The summed E-state index contributed by atoms with van der Waals surface area (Å²) in [6, 6.07) is 5.30. The summed E-state index contributed by atoms with van der Waals surface area (Å²) in [6.45, 7) is 8.04. The molecule has 1 aliphatic heterocycles. The number of rotatable bonds is 6. The van der Waals surface area contributed by atoms with Crippen molar-refractivity contribution < 1.29 is 9.59 Å². The third kappa shape index (κ3) is 4.72. The van der Waals surface area contributed by atoms with Crippen LogP contribution in [0, 0.1) is 5.92 Å². The Kier molecular flexibility index (Phi) is 6.45. The maximum atomic E-state index is 13.0. The number of nitrogens with zero attached hydrogens (tertiary/aromatic N) is 2. The molecule has 5 nitrogen and oxygen atoms in total. The van der Waals surface area contributed by atoms with Gasteiger partial charge in [-0.15, -0.1) is 11.3 Å². The number of carbonyl (C=O) groups excluding carboxylic acids is 2.